The van der Waals surface area contributed by atoms with Gasteiger partial charge in [0.25, 0.3) is 0 Å². The summed E-state index contributed by atoms with van der Waals surface area (Å²) >= 11 is 0. The van der Waals surface area contributed by atoms with Crippen LogP contribution in [0.4, 0.5) is 0 Å². The Balaban J connectivity index is 1.08. The predicted molar refractivity (Wildman–Crippen MR) is 236 cm³/mol. The summed E-state index contributed by atoms with van der Waals surface area (Å²) in [6.45, 7) is -0.0330. The number of hydrogen-bond donors (Lipinski definition) is 7. The Hall–Kier alpha value is -5.71. The monoisotopic (exact) mass is 836 g/mol. The molecule has 5 aromatic rings. The van der Waals surface area contributed by atoms with Crippen molar-refractivity contribution >= 4 is 5.78 Å². The van der Waals surface area contributed by atoms with Gasteiger partial charge in [-0.05, 0) is 132 Å². The highest BCUT2D eigenvalue weighted by Gasteiger charge is 2.62. The molecule has 11 rings (SSSR count). The van der Waals surface area contributed by atoms with Crippen molar-refractivity contribution in [1.82, 2.24) is 4.98 Å². The van der Waals surface area contributed by atoms with Gasteiger partial charge in [0.1, 0.15) is 24.9 Å². The second kappa shape index (κ2) is 15.9. The van der Waals surface area contributed by atoms with E-state index in [1.807, 2.05) is 6.07 Å². The number of nitrogens with two attached hydrogens (primary N) is 1. The molecule has 6 aliphatic rings. The number of aromatic amines is 1. The maximum atomic E-state index is 13.9. The van der Waals surface area contributed by atoms with Crippen molar-refractivity contribution in [3.8, 4) is 45.8 Å². The van der Waals surface area contributed by atoms with Crippen molar-refractivity contribution in [2.24, 2.45) is 23.0 Å². The number of carbonyl (C=O) groups excluding carboxylic acids is 1. The third-order valence-electron chi connectivity index (χ3n) is 15.5. The molecular weight excluding hydrogens is 781 g/mol. The van der Waals surface area contributed by atoms with E-state index in [4.69, 9.17) is 15.2 Å². The average Bonchev–Trinajstić information content (AvgIpc) is 3.87. The number of allylic oxidation sites excluding steroid dienone is 1. The SMILES string of the molecule is NCOc1cc(CCC(=O)C[C@H](O)[C@@H]2C=C[C@H]3C[C@H]([C@]45CC6(CCCC6)CC[C@@H]4c4cc[nH]c4-c4ccccc45)[C@@H]2c2cc(O)c(O)c(OCc4cccc(O)c4)c23)ccc1O. The minimum Gasteiger partial charge on any atom is -0.508 e. The Kier molecular flexibility index (Phi) is 10.3. The van der Waals surface area contributed by atoms with Gasteiger partial charge in [-0.1, -0.05) is 67.5 Å². The number of phenols is 4. The van der Waals surface area contributed by atoms with Gasteiger partial charge in [-0.2, -0.15) is 0 Å². The van der Waals surface area contributed by atoms with E-state index in [9.17, 15) is 30.3 Å². The molecule has 4 aromatic carbocycles. The zero-order chi connectivity index (χ0) is 42.8. The largest absolute Gasteiger partial charge is 0.508 e. The van der Waals surface area contributed by atoms with E-state index in [1.165, 1.54) is 60.6 Å². The van der Waals surface area contributed by atoms with E-state index in [0.717, 1.165) is 36.0 Å². The zero-order valence-electron chi connectivity index (χ0n) is 34.9. The number of aryl methyl sites for hydroxylation is 1. The maximum absolute atomic E-state index is 13.9. The van der Waals surface area contributed by atoms with E-state index in [-0.39, 0.29) is 101 Å². The van der Waals surface area contributed by atoms with E-state index >= 15 is 0 Å². The first-order valence-corrected chi connectivity index (χ1v) is 22.4. The lowest BCUT2D eigenvalue weighted by Crippen LogP contribution is -2.54. The summed E-state index contributed by atoms with van der Waals surface area (Å²) in [5.41, 5.74) is 13.7. The van der Waals surface area contributed by atoms with Crippen LogP contribution in [-0.4, -0.2) is 49.1 Å². The Morgan fingerprint density at radius 3 is 2.53 bits per heavy atom. The first-order chi connectivity index (χ1) is 30.1. The van der Waals surface area contributed by atoms with Gasteiger partial charge < -0.3 is 40.0 Å². The van der Waals surface area contributed by atoms with Crippen LogP contribution in [0.1, 0.15) is 115 Å². The third kappa shape index (κ3) is 6.74. The molecule has 10 heteroatoms. The molecular formula is C52H56N2O8. The highest BCUT2D eigenvalue weighted by atomic mass is 16.5. The van der Waals surface area contributed by atoms with Crippen LogP contribution in [0.2, 0.25) is 0 Å². The van der Waals surface area contributed by atoms with E-state index in [0.29, 0.717) is 12.0 Å². The lowest BCUT2D eigenvalue weighted by Gasteiger charge is -2.61. The standard InChI is InChI=1S/C52H56N2O8/c53-29-62-45-23-30(11-15-42(45)57)10-13-34(56)25-43(58)37-14-12-32-24-41(47(37)38-26-44(59)49(60)50(46(32)38)61-27-31-6-5-7-33(55)22-31)52-28-51(18-3-4-19-51)20-16-40(52)36-17-21-54-48(36)35-8-1-2-9-39(35)52/h1-2,5-9,11-12,14-15,17,21-23,26,32,37,40-41,43,47,54-55,57-60H,3-4,10,13,16,18-20,24-25,27-29,53H2/t32-,37-,40+,41-,43-,47-,52-/m0/s1. The van der Waals surface area contributed by atoms with Crippen LogP contribution in [0.5, 0.6) is 34.5 Å². The fraction of sp³-hybridized carbons (Fsp3) is 0.404. The normalized spacial score (nSPS) is 25.6. The molecule has 1 aromatic heterocycles. The first-order valence-electron chi connectivity index (χ1n) is 22.4. The number of benzene rings is 4. The number of aliphatic hydroxyl groups excluding tert-OH is 1. The van der Waals surface area contributed by atoms with Crippen LogP contribution in [0, 0.1) is 17.3 Å². The topological polar surface area (TPSA) is 178 Å². The molecule has 2 saturated carbocycles. The third-order valence-corrected chi connectivity index (χ3v) is 15.5. The number of phenolic OH excluding ortho intramolecular Hbond substituents is 4. The lowest BCUT2D eigenvalue weighted by atomic mass is 9.42. The minimum atomic E-state index is -1.04. The number of nitrogens with one attached hydrogen (secondary N) is 1. The number of aromatic hydroxyl groups is 4. The van der Waals surface area contributed by atoms with Crippen molar-refractivity contribution in [2.75, 3.05) is 6.73 Å². The van der Waals surface area contributed by atoms with Gasteiger partial charge in [0.2, 0.25) is 5.75 Å². The van der Waals surface area contributed by atoms with Crippen molar-refractivity contribution in [3.05, 3.63) is 131 Å². The highest BCUT2D eigenvalue weighted by molar-refractivity contribution is 5.79. The summed E-state index contributed by atoms with van der Waals surface area (Å²) in [5, 5.41) is 56.2. The molecule has 0 saturated heterocycles. The molecule has 6 aliphatic carbocycles. The van der Waals surface area contributed by atoms with E-state index in [1.54, 1.807) is 36.4 Å². The summed E-state index contributed by atoms with van der Waals surface area (Å²) in [7, 11) is 0. The Morgan fingerprint density at radius 1 is 0.871 bits per heavy atom. The second-order valence-corrected chi connectivity index (χ2v) is 18.8. The fourth-order valence-corrected chi connectivity index (χ4v) is 13.0. The number of ketones is 1. The van der Waals surface area contributed by atoms with Gasteiger partial charge in [0.15, 0.2) is 23.0 Å². The summed E-state index contributed by atoms with van der Waals surface area (Å²) < 4.78 is 11.8. The van der Waals surface area contributed by atoms with Gasteiger partial charge in [0, 0.05) is 53.1 Å². The molecule has 322 valence electrons. The molecule has 1 heterocycles. The van der Waals surface area contributed by atoms with Crippen LogP contribution in [0.15, 0.2) is 97.2 Å². The maximum Gasteiger partial charge on any atom is 0.200 e. The second-order valence-electron chi connectivity index (χ2n) is 18.8. The molecule has 2 fully saturated rings. The summed E-state index contributed by atoms with van der Waals surface area (Å²) in [5.74, 6) is -1.03. The quantitative estimate of drug-likeness (QED) is 0.0366. The number of H-pyrrole nitrogens is 1. The number of carbonyl (C=O) groups is 1. The molecule has 7 atom stereocenters. The van der Waals surface area contributed by atoms with Crippen molar-refractivity contribution in [2.45, 2.75) is 107 Å². The number of aliphatic hydroxyl groups is 1. The van der Waals surface area contributed by atoms with Crippen LogP contribution in [0.25, 0.3) is 11.3 Å². The van der Waals surface area contributed by atoms with Gasteiger partial charge >= 0.3 is 0 Å². The van der Waals surface area contributed by atoms with E-state index < -0.39 is 12.0 Å². The van der Waals surface area contributed by atoms with Crippen LogP contribution < -0.4 is 15.2 Å². The van der Waals surface area contributed by atoms with Gasteiger partial charge in [-0.25, -0.2) is 0 Å². The molecule has 1 spiro atoms. The first kappa shape index (κ1) is 40.4. The lowest BCUT2D eigenvalue weighted by molar-refractivity contribution is -0.121. The van der Waals surface area contributed by atoms with Crippen LogP contribution >= 0.6 is 0 Å². The predicted octanol–water partition coefficient (Wildman–Crippen LogP) is 9.48. The summed E-state index contributed by atoms with van der Waals surface area (Å²) in [6.07, 6.45) is 14.6. The Labute approximate surface area is 362 Å². The summed E-state index contributed by atoms with van der Waals surface area (Å²) in [6, 6.07) is 24.6. The van der Waals surface area contributed by atoms with Gasteiger partial charge in [-0.15, -0.1) is 0 Å². The number of rotatable bonds is 12. The molecule has 0 amide bonds. The van der Waals surface area contributed by atoms with Crippen molar-refractivity contribution in [1.29, 1.82) is 0 Å². The van der Waals surface area contributed by atoms with Crippen molar-refractivity contribution in [3.63, 3.8) is 0 Å². The molecule has 0 aliphatic heterocycles. The molecule has 8 N–H and O–H groups in total. The van der Waals surface area contributed by atoms with Gasteiger partial charge in [0.05, 0.1) is 6.10 Å². The number of ether oxygens (including phenoxy) is 2. The number of Topliss-reactive ketones (excluding diaryl/α,β-unsaturated/α-hetero) is 1. The Bertz CT molecular complexity index is 2540. The zero-order valence-corrected chi connectivity index (χ0v) is 34.9. The number of aromatic nitrogens is 1. The summed E-state index contributed by atoms with van der Waals surface area (Å²) in [4.78, 5) is 17.6. The van der Waals surface area contributed by atoms with E-state index in [2.05, 4.69) is 53.7 Å². The van der Waals surface area contributed by atoms with Crippen LogP contribution in [-0.2, 0) is 23.2 Å². The highest BCUT2D eigenvalue weighted by Crippen LogP contribution is 2.72. The van der Waals surface area contributed by atoms with Crippen LogP contribution in [0.3, 0.4) is 0 Å². The molecule has 62 heavy (non-hydrogen) atoms. The van der Waals surface area contributed by atoms with Gasteiger partial charge in [-0.3, -0.25) is 10.5 Å². The Morgan fingerprint density at radius 2 is 1.71 bits per heavy atom. The fourth-order valence-electron chi connectivity index (χ4n) is 13.0. The molecule has 0 radical (unpaired) electrons. The minimum absolute atomic E-state index is 0.0162. The number of fused-ring (bicyclic) bond motifs is 9. The molecule has 2 bridgehead atoms. The average molecular weight is 837 g/mol. The molecule has 10 nitrogen and oxygen atoms in total. The smallest absolute Gasteiger partial charge is 0.200 e. The number of hydrogen-bond acceptors (Lipinski definition) is 9. The van der Waals surface area contributed by atoms with Crippen molar-refractivity contribution < 1.29 is 39.8 Å². The molecule has 0 unspecified atom stereocenters.